The van der Waals surface area contributed by atoms with Crippen molar-refractivity contribution in [3.8, 4) is 6.07 Å². The van der Waals surface area contributed by atoms with E-state index in [2.05, 4.69) is 20.2 Å². The van der Waals surface area contributed by atoms with E-state index in [1.165, 1.54) is 24.1 Å². The zero-order chi connectivity index (χ0) is 26.1. The molecule has 1 saturated carbocycles. The number of halogens is 2. The van der Waals surface area contributed by atoms with Crippen LogP contribution in [0.3, 0.4) is 0 Å². The number of piperazine rings is 1. The lowest BCUT2D eigenvalue weighted by Crippen LogP contribution is -2.49. The zero-order valence-corrected chi connectivity index (χ0v) is 20.6. The minimum absolute atomic E-state index is 0.00643. The lowest BCUT2D eigenvalue weighted by molar-refractivity contribution is 0.121. The maximum atomic E-state index is 13.2. The summed E-state index contributed by atoms with van der Waals surface area (Å²) in [7, 11) is -2.88. The van der Waals surface area contributed by atoms with Crippen LogP contribution in [0.5, 0.6) is 0 Å². The summed E-state index contributed by atoms with van der Waals surface area (Å²) in [5, 5.41) is 26.7. The van der Waals surface area contributed by atoms with E-state index in [1.54, 1.807) is 0 Å². The minimum Gasteiger partial charge on any atom is -0.453 e. The van der Waals surface area contributed by atoms with Gasteiger partial charge >= 0.3 is 6.09 Å². The molecule has 192 valence electrons. The van der Waals surface area contributed by atoms with Crippen molar-refractivity contribution in [2.24, 2.45) is 0 Å². The van der Waals surface area contributed by atoms with Crippen LogP contribution in [0.2, 0.25) is 0 Å². The van der Waals surface area contributed by atoms with E-state index in [4.69, 9.17) is 10.1 Å². The van der Waals surface area contributed by atoms with Gasteiger partial charge in [-0.05, 0) is 25.0 Å². The second-order valence-corrected chi connectivity index (χ2v) is 10.9. The first-order valence-electron chi connectivity index (χ1n) is 10.7. The normalized spacial score (nSPS) is 17.0. The Morgan fingerprint density at radius 3 is 2.53 bits per heavy atom. The summed E-state index contributed by atoms with van der Waals surface area (Å²) in [5.74, 6) is 0. The lowest BCUT2D eigenvalue weighted by atomic mass is 10.1. The molecule has 1 aromatic heterocycles. The molecule has 16 heteroatoms. The molecule has 1 amide bonds. The number of ether oxygens (including phenoxy) is 1. The highest BCUT2D eigenvalue weighted by molar-refractivity contribution is 7.89. The Balaban J connectivity index is 1.74. The van der Waals surface area contributed by atoms with Crippen LogP contribution < -0.4 is 14.9 Å². The highest BCUT2D eigenvalue weighted by Crippen LogP contribution is 2.38. The molecule has 0 unspecified atom stereocenters. The SMILES string of the molecule is COC(=O)N1CCN(c2cc(S(=O)(=O)NC3(C#N)CC3)cc(Nc3nnc(C(F)F)s3)c2C=N)CC1. The first-order chi connectivity index (χ1) is 17.1. The molecule has 0 spiro atoms. The lowest BCUT2D eigenvalue weighted by Gasteiger charge is -2.36. The number of anilines is 3. The van der Waals surface area contributed by atoms with Crippen molar-refractivity contribution >= 4 is 50.2 Å². The summed E-state index contributed by atoms with van der Waals surface area (Å²) in [5.41, 5.74) is -0.363. The number of aromatic nitrogens is 2. The van der Waals surface area contributed by atoms with Crippen LogP contribution in [0.4, 0.5) is 30.1 Å². The van der Waals surface area contributed by atoms with Gasteiger partial charge in [-0.15, -0.1) is 10.2 Å². The number of nitrogens with zero attached hydrogens (tertiary/aromatic N) is 5. The van der Waals surface area contributed by atoms with Crippen molar-refractivity contribution in [2.75, 3.05) is 43.5 Å². The molecule has 3 N–H and O–H groups in total. The van der Waals surface area contributed by atoms with Gasteiger partial charge < -0.3 is 25.3 Å². The zero-order valence-electron chi connectivity index (χ0n) is 19.0. The van der Waals surface area contributed by atoms with E-state index in [-0.39, 0.29) is 21.3 Å². The number of carbonyl (C=O) groups is 1. The summed E-state index contributed by atoms with van der Waals surface area (Å²) in [6, 6.07) is 4.62. The molecule has 0 radical (unpaired) electrons. The van der Waals surface area contributed by atoms with Gasteiger partial charge in [-0.3, -0.25) is 0 Å². The van der Waals surface area contributed by atoms with Crippen molar-refractivity contribution < 1.29 is 26.7 Å². The molecule has 1 aliphatic carbocycles. The highest BCUT2D eigenvalue weighted by atomic mass is 32.2. The number of amides is 1. The van der Waals surface area contributed by atoms with Crippen molar-refractivity contribution in [3.63, 3.8) is 0 Å². The predicted octanol–water partition coefficient (Wildman–Crippen LogP) is 2.44. The van der Waals surface area contributed by atoms with Gasteiger partial charge in [0, 0.05) is 43.6 Å². The highest BCUT2D eigenvalue weighted by Gasteiger charge is 2.47. The van der Waals surface area contributed by atoms with Crippen LogP contribution in [0.15, 0.2) is 17.0 Å². The Labute approximate surface area is 209 Å². The topological polar surface area (TPSA) is 164 Å². The quantitative estimate of drug-likeness (QED) is 0.427. The maximum absolute atomic E-state index is 13.2. The van der Waals surface area contributed by atoms with E-state index in [9.17, 15) is 27.3 Å². The molecule has 2 aliphatic rings. The summed E-state index contributed by atoms with van der Waals surface area (Å²) in [6.45, 7) is 1.24. The van der Waals surface area contributed by atoms with E-state index < -0.39 is 33.1 Å². The van der Waals surface area contributed by atoms with Crippen LogP contribution in [0.1, 0.15) is 29.8 Å². The molecule has 2 heterocycles. The fourth-order valence-electron chi connectivity index (χ4n) is 3.71. The van der Waals surface area contributed by atoms with Gasteiger partial charge in [0.15, 0.2) is 5.01 Å². The Morgan fingerprint density at radius 1 is 1.31 bits per heavy atom. The Hall–Kier alpha value is -3.42. The molecule has 2 aromatic rings. The fraction of sp³-hybridized carbons (Fsp3) is 0.450. The van der Waals surface area contributed by atoms with Crippen LogP contribution in [0.25, 0.3) is 0 Å². The summed E-state index contributed by atoms with van der Waals surface area (Å²) in [4.78, 5) is 15.0. The number of sulfonamides is 1. The third kappa shape index (κ3) is 5.22. The van der Waals surface area contributed by atoms with E-state index in [1.807, 2.05) is 11.0 Å². The third-order valence-corrected chi connectivity index (χ3v) is 8.16. The smallest absolute Gasteiger partial charge is 0.409 e. The molecule has 2 fully saturated rings. The number of hydrogen-bond acceptors (Lipinski definition) is 11. The van der Waals surface area contributed by atoms with Crippen LogP contribution in [-0.2, 0) is 14.8 Å². The third-order valence-electron chi connectivity index (χ3n) is 5.80. The van der Waals surface area contributed by atoms with Gasteiger partial charge in [0.05, 0.1) is 23.8 Å². The van der Waals surface area contributed by atoms with E-state index >= 15 is 0 Å². The Morgan fingerprint density at radius 2 is 2.00 bits per heavy atom. The predicted molar refractivity (Wildman–Crippen MR) is 127 cm³/mol. The monoisotopic (exact) mass is 540 g/mol. The molecule has 1 saturated heterocycles. The summed E-state index contributed by atoms with van der Waals surface area (Å²) < 4.78 is 59.6. The van der Waals surface area contributed by atoms with Gasteiger partial charge in [0.25, 0.3) is 6.43 Å². The number of methoxy groups -OCH3 is 1. The average Bonchev–Trinajstić information content (AvgIpc) is 3.47. The summed E-state index contributed by atoms with van der Waals surface area (Å²) >= 11 is 0.601. The maximum Gasteiger partial charge on any atom is 0.409 e. The second kappa shape index (κ2) is 9.91. The number of carbonyl (C=O) groups excluding carboxylic acids is 1. The molecule has 36 heavy (non-hydrogen) atoms. The van der Waals surface area contributed by atoms with Crippen molar-refractivity contribution in [1.82, 2.24) is 19.8 Å². The van der Waals surface area contributed by atoms with Gasteiger partial charge in [-0.25, -0.2) is 22.0 Å². The number of benzene rings is 1. The van der Waals surface area contributed by atoms with Gasteiger partial charge in [-0.2, -0.15) is 9.98 Å². The Kier molecular flexibility index (Phi) is 7.07. The van der Waals surface area contributed by atoms with Gasteiger partial charge in [0.1, 0.15) is 5.54 Å². The number of nitrogens with one attached hydrogen (secondary N) is 3. The fourth-order valence-corrected chi connectivity index (χ4v) is 5.74. The first-order valence-corrected chi connectivity index (χ1v) is 13.0. The minimum atomic E-state index is -4.16. The molecular weight excluding hydrogens is 518 g/mol. The molecular formula is C20H22F2N8O4S2. The molecule has 0 bridgehead atoms. The van der Waals surface area contributed by atoms with Gasteiger partial charge in [0.2, 0.25) is 15.2 Å². The molecule has 1 aromatic carbocycles. The van der Waals surface area contributed by atoms with Crippen LogP contribution in [0, 0.1) is 16.7 Å². The average molecular weight is 541 g/mol. The number of nitriles is 1. The Bertz CT molecular complexity index is 1320. The molecule has 4 rings (SSSR count). The molecule has 12 nitrogen and oxygen atoms in total. The van der Waals surface area contributed by atoms with Crippen LogP contribution >= 0.6 is 11.3 Å². The van der Waals surface area contributed by atoms with Crippen molar-refractivity contribution in [1.29, 1.82) is 10.7 Å². The van der Waals surface area contributed by atoms with E-state index in [0.717, 1.165) is 6.21 Å². The number of hydrogen-bond donors (Lipinski definition) is 3. The molecule has 1 aliphatic heterocycles. The number of alkyl halides is 2. The van der Waals surface area contributed by atoms with Crippen molar-refractivity contribution in [3.05, 3.63) is 22.7 Å². The summed E-state index contributed by atoms with van der Waals surface area (Å²) in [6.07, 6.45) is -1.52. The molecule has 0 atom stereocenters. The van der Waals surface area contributed by atoms with E-state index in [0.29, 0.717) is 56.0 Å². The number of rotatable bonds is 8. The largest absolute Gasteiger partial charge is 0.453 e. The first kappa shape index (κ1) is 25.7. The standard InChI is InChI=1S/C20H22F2N8O4S2/c1-34-19(31)30-6-4-29(5-7-30)15-9-12(36(32,33)28-20(11-24)2-3-20)8-14(13(15)10-23)25-18-27-26-17(35-18)16(21)22/h8-10,16,23,28H,2-7H2,1H3,(H,25,27). The van der Waals surface area contributed by atoms with Crippen LogP contribution in [-0.4, -0.2) is 74.7 Å². The second-order valence-electron chi connectivity index (χ2n) is 8.16. The van der Waals surface area contributed by atoms with Gasteiger partial charge in [-0.1, -0.05) is 11.3 Å². The van der Waals surface area contributed by atoms with Crippen molar-refractivity contribution in [2.45, 2.75) is 29.7 Å².